The normalized spacial score (nSPS) is 28.4. The molecule has 1 aliphatic heterocycles. The Labute approximate surface area is 120 Å². The van der Waals surface area contributed by atoms with E-state index in [0.29, 0.717) is 18.2 Å². The molecule has 2 unspecified atom stereocenters. The Morgan fingerprint density at radius 1 is 1.40 bits per heavy atom. The third-order valence-corrected chi connectivity index (χ3v) is 4.45. The number of benzene rings is 1. The van der Waals surface area contributed by atoms with Crippen molar-refractivity contribution in [3.63, 3.8) is 0 Å². The Hall–Kier alpha value is -1.00. The summed E-state index contributed by atoms with van der Waals surface area (Å²) < 4.78 is 27.1. The van der Waals surface area contributed by atoms with Gasteiger partial charge in [-0.3, -0.25) is 4.90 Å². The first-order valence-electron chi connectivity index (χ1n) is 7.36. The third-order valence-electron chi connectivity index (χ3n) is 4.45. The van der Waals surface area contributed by atoms with Gasteiger partial charge in [-0.25, -0.2) is 8.78 Å². The van der Waals surface area contributed by atoms with Crippen LogP contribution in [0.25, 0.3) is 0 Å². The molecule has 4 heteroatoms. The van der Waals surface area contributed by atoms with E-state index < -0.39 is 0 Å². The molecule has 1 N–H and O–H groups in total. The van der Waals surface area contributed by atoms with Crippen LogP contribution in [0.5, 0.6) is 0 Å². The molecular weight excluding hydrogens is 258 g/mol. The van der Waals surface area contributed by atoms with Gasteiger partial charge in [0.2, 0.25) is 0 Å². The van der Waals surface area contributed by atoms with Crippen molar-refractivity contribution in [3.05, 3.63) is 35.4 Å². The van der Waals surface area contributed by atoms with E-state index in [4.69, 9.17) is 0 Å². The third kappa shape index (κ3) is 3.55. The van der Waals surface area contributed by atoms with Gasteiger partial charge in [0.25, 0.3) is 0 Å². The number of nitrogens with one attached hydrogen (secondary N) is 1. The van der Waals surface area contributed by atoms with Gasteiger partial charge in [0.1, 0.15) is 11.6 Å². The topological polar surface area (TPSA) is 15.3 Å². The zero-order valence-corrected chi connectivity index (χ0v) is 12.5. The van der Waals surface area contributed by atoms with Crippen LogP contribution >= 0.6 is 0 Å². The maximum absolute atomic E-state index is 13.8. The van der Waals surface area contributed by atoms with Crippen molar-refractivity contribution in [1.82, 2.24) is 10.2 Å². The first kappa shape index (κ1) is 15.4. The van der Waals surface area contributed by atoms with Crippen LogP contribution in [0.15, 0.2) is 18.2 Å². The van der Waals surface area contributed by atoms with Crippen LogP contribution in [0.1, 0.15) is 39.2 Å². The molecule has 0 amide bonds. The molecule has 0 radical (unpaired) electrons. The summed E-state index contributed by atoms with van der Waals surface area (Å²) in [5.41, 5.74) is 0.478. The monoisotopic (exact) mass is 282 g/mol. The van der Waals surface area contributed by atoms with Gasteiger partial charge in [-0.15, -0.1) is 0 Å². The minimum absolute atomic E-state index is 0.0363. The van der Waals surface area contributed by atoms with E-state index in [-0.39, 0.29) is 17.2 Å². The predicted molar refractivity (Wildman–Crippen MR) is 77.5 cm³/mol. The molecule has 0 aromatic heterocycles. The van der Waals surface area contributed by atoms with Gasteiger partial charge >= 0.3 is 0 Å². The summed E-state index contributed by atoms with van der Waals surface area (Å²) in [7, 11) is 0. The van der Waals surface area contributed by atoms with E-state index in [1.165, 1.54) is 18.2 Å². The van der Waals surface area contributed by atoms with Gasteiger partial charge in [-0.05, 0) is 51.4 Å². The first-order valence-corrected chi connectivity index (χ1v) is 7.36. The Bertz CT molecular complexity index is 464. The fourth-order valence-corrected chi connectivity index (χ4v) is 2.76. The highest BCUT2D eigenvalue weighted by Crippen LogP contribution is 2.22. The van der Waals surface area contributed by atoms with Crippen LogP contribution < -0.4 is 5.32 Å². The van der Waals surface area contributed by atoms with Crippen LogP contribution in [-0.4, -0.2) is 29.6 Å². The van der Waals surface area contributed by atoms with E-state index in [1.807, 2.05) is 0 Å². The van der Waals surface area contributed by atoms with Crippen LogP contribution in [0.2, 0.25) is 0 Å². The van der Waals surface area contributed by atoms with Crippen LogP contribution in [-0.2, 0) is 6.54 Å². The molecule has 112 valence electrons. The minimum atomic E-state index is -0.375. The maximum atomic E-state index is 13.8. The summed E-state index contributed by atoms with van der Waals surface area (Å²) in [4.78, 5) is 2.25. The highest BCUT2D eigenvalue weighted by Gasteiger charge is 2.30. The van der Waals surface area contributed by atoms with Gasteiger partial charge in [-0.2, -0.15) is 0 Å². The highest BCUT2D eigenvalue weighted by atomic mass is 19.1. The van der Waals surface area contributed by atoms with Crippen molar-refractivity contribution in [2.75, 3.05) is 13.1 Å². The Kier molecular flexibility index (Phi) is 4.76. The number of halogens is 2. The quantitative estimate of drug-likeness (QED) is 0.915. The standard InChI is InChI=1S/C16H24F2N2/c1-4-16(3)11-20(12(2)7-8-19-16)10-13-9-14(17)5-6-15(13)18/h5-6,9,12,19H,4,7-8,10-11H2,1-3H3. The van der Waals surface area contributed by atoms with Crippen molar-refractivity contribution >= 4 is 0 Å². The van der Waals surface area contributed by atoms with Gasteiger partial charge in [0.15, 0.2) is 0 Å². The van der Waals surface area contributed by atoms with Crippen molar-refractivity contribution in [1.29, 1.82) is 0 Å². The van der Waals surface area contributed by atoms with E-state index >= 15 is 0 Å². The summed E-state index contributed by atoms with van der Waals surface area (Å²) in [6.07, 6.45) is 2.04. The van der Waals surface area contributed by atoms with Gasteiger partial charge in [0, 0.05) is 30.2 Å². The zero-order chi connectivity index (χ0) is 14.8. The van der Waals surface area contributed by atoms with Crippen molar-refractivity contribution in [2.24, 2.45) is 0 Å². The first-order chi connectivity index (χ1) is 9.43. The second-order valence-electron chi connectivity index (χ2n) is 6.12. The van der Waals surface area contributed by atoms with E-state index in [1.54, 1.807) is 0 Å². The smallest absolute Gasteiger partial charge is 0.127 e. The summed E-state index contributed by atoms with van der Waals surface area (Å²) in [6, 6.07) is 4.05. The average Bonchev–Trinajstić information content (AvgIpc) is 2.55. The fraction of sp³-hybridized carbons (Fsp3) is 0.625. The van der Waals surface area contributed by atoms with E-state index in [0.717, 1.165) is 25.9 Å². The van der Waals surface area contributed by atoms with Crippen molar-refractivity contribution < 1.29 is 8.78 Å². The molecule has 0 bridgehead atoms. The zero-order valence-electron chi connectivity index (χ0n) is 12.5. The van der Waals surface area contributed by atoms with Crippen LogP contribution in [0.4, 0.5) is 8.78 Å². The second-order valence-corrected chi connectivity index (χ2v) is 6.12. The SMILES string of the molecule is CCC1(C)CN(Cc2cc(F)ccc2F)C(C)CCN1. The molecule has 1 saturated heterocycles. The molecular formula is C16H24F2N2. The number of hydrogen-bond donors (Lipinski definition) is 1. The number of hydrogen-bond acceptors (Lipinski definition) is 2. The highest BCUT2D eigenvalue weighted by molar-refractivity contribution is 5.19. The summed E-state index contributed by atoms with van der Waals surface area (Å²) >= 11 is 0. The average molecular weight is 282 g/mol. The maximum Gasteiger partial charge on any atom is 0.127 e. The fourth-order valence-electron chi connectivity index (χ4n) is 2.76. The summed E-state index contributed by atoms with van der Waals surface area (Å²) in [5, 5.41) is 3.57. The van der Waals surface area contributed by atoms with Crippen molar-refractivity contribution in [3.8, 4) is 0 Å². The Morgan fingerprint density at radius 2 is 2.15 bits per heavy atom. The van der Waals surface area contributed by atoms with Crippen LogP contribution in [0, 0.1) is 11.6 Å². The predicted octanol–water partition coefficient (Wildman–Crippen LogP) is 3.32. The lowest BCUT2D eigenvalue weighted by atomic mass is 9.98. The number of nitrogens with zero attached hydrogens (tertiary/aromatic N) is 1. The molecule has 1 aliphatic rings. The number of rotatable bonds is 3. The Balaban J connectivity index is 2.18. The molecule has 20 heavy (non-hydrogen) atoms. The van der Waals surface area contributed by atoms with Crippen molar-refractivity contribution in [2.45, 2.75) is 51.7 Å². The van der Waals surface area contributed by atoms with E-state index in [9.17, 15) is 8.78 Å². The van der Waals surface area contributed by atoms with Gasteiger partial charge < -0.3 is 5.32 Å². The molecule has 2 nitrogen and oxygen atoms in total. The van der Waals surface area contributed by atoms with Gasteiger partial charge in [-0.1, -0.05) is 6.92 Å². The van der Waals surface area contributed by atoms with Gasteiger partial charge in [0.05, 0.1) is 0 Å². The molecule has 1 aromatic carbocycles. The summed E-state index contributed by atoms with van der Waals surface area (Å²) in [6.45, 7) is 8.78. The summed E-state index contributed by atoms with van der Waals surface area (Å²) in [5.74, 6) is -0.700. The molecule has 2 rings (SSSR count). The lowest BCUT2D eigenvalue weighted by molar-refractivity contribution is 0.161. The molecule has 2 atom stereocenters. The molecule has 1 fully saturated rings. The molecule has 0 saturated carbocycles. The molecule has 1 aromatic rings. The van der Waals surface area contributed by atoms with Crippen LogP contribution in [0.3, 0.4) is 0 Å². The lowest BCUT2D eigenvalue weighted by Gasteiger charge is -2.35. The second kappa shape index (κ2) is 6.19. The molecule has 1 heterocycles. The largest absolute Gasteiger partial charge is 0.310 e. The lowest BCUT2D eigenvalue weighted by Crippen LogP contribution is -2.49. The molecule has 0 spiro atoms. The molecule has 0 aliphatic carbocycles. The minimum Gasteiger partial charge on any atom is -0.310 e. The Morgan fingerprint density at radius 3 is 2.85 bits per heavy atom. The van der Waals surface area contributed by atoms with E-state index in [2.05, 4.69) is 31.0 Å².